The highest BCUT2D eigenvalue weighted by molar-refractivity contribution is 6.30. The molecule has 3 rings (SSSR count). The summed E-state index contributed by atoms with van der Waals surface area (Å²) in [7, 11) is 0. The highest BCUT2D eigenvalue weighted by Crippen LogP contribution is 2.33. The number of halogens is 4. The van der Waals surface area contributed by atoms with E-state index >= 15 is 0 Å². The molecule has 0 aromatic heterocycles. The van der Waals surface area contributed by atoms with E-state index < -0.39 is 11.7 Å². The van der Waals surface area contributed by atoms with Gasteiger partial charge in [0, 0.05) is 36.8 Å². The Labute approximate surface area is 165 Å². The van der Waals surface area contributed by atoms with E-state index in [9.17, 15) is 23.2 Å². The van der Waals surface area contributed by atoms with Gasteiger partial charge in [-0.2, -0.15) is 18.4 Å². The van der Waals surface area contributed by atoms with Gasteiger partial charge in [-0.25, -0.2) is 0 Å². The van der Waals surface area contributed by atoms with Crippen LogP contribution in [0.5, 0.6) is 0 Å². The number of hydrogen-bond donors (Lipinski definition) is 0. The number of carbonyl (C=O) groups excluding carboxylic acids is 1. The molecule has 1 amide bonds. The van der Waals surface area contributed by atoms with Crippen LogP contribution in [0.2, 0.25) is 5.02 Å². The highest BCUT2D eigenvalue weighted by atomic mass is 35.5. The molecule has 2 aromatic rings. The fraction of sp³-hybridized carbons (Fsp3) is 0.300. The van der Waals surface area contributed by atoms with Gasteiger partial charge in [-0.1, -0.05) is 11.6 Å². The largest absolute Gasteiger partial charge is 0.416 e. The van der Waals surface area contributed by atoms with Crippen molar-refractivity contribution < 1.29 is 18.0 Å². The fourth-order valence-corrected chi connectivity index (χ4v) is 3.34. The standard InChI is InChI=1S/C20H17ClF3N3O/c21-17-5-2-14(3-6-17)19(28)27-9-1-8-26(10-11-27)18-7-4-16(20(22,23)24)12-15(18)13-25/h2-7,12H,1,8-11H2. The number of rotatable bonds is 2. The number of carbonyl (C=O) groups is 1. The van der Waals surface area contributed by atoms with Gasteiger partial charge >= 0.3 is 6.18 Å². The number of hydrogen-bond acceptors (Lipinski definition) is 3. The van der Waals surface area contributed by atoms with Gasteiger partial charge in [-0.15, -0.1) is 0 Å². The molecule has 0 N–H and O–H groups in total. The number of anilines is 1. The zero-order valence-electron chi connectivity index (χ0n) is 14.8. The molecule has 8 heteroatoms. The smallest absolute Gasteiger partial charge is 0.369 e. The first-order chi connectivity index (χ1) is 13.3. The van der Waals surface area contributed by atoms with Gasteiger partial charge < -0.3 is 9.80 Å². The van der Waals surface area contributed by atoms with Crippen molar-refractivity contribution in [2.45, 2.75) is 12.6 Å². The zero-order valence-corrected chi connectivity index (χ0v) is 15.6. The summed E-state index contributed by atoms with van der Waals surface area (Å²) in [5, 5.41) is 9.85. The molecule has 1 aliphatic rings. The topological polar surface area (TPSA) is 47.3 Å². The number of alkyl halides is 3. The molecule has 0 saturated carbocycles. The highest BCUT2D eigenvalue weighted by Gasteiger charge is 2.31. The Morgan fingerprint density at radius 3 is 2.39 bits per heavy atom. The Kier molecular flexibility index (Phi) is 5.80. The summed E-state index contributed by atoms with van der Waals surface area (Å²) in [6, 6.07) is 11.7. The normalized spacial score (nSPS) is 15.1. The molecule has 0 bridgehead atoms. The van der Waals surface area contributed by atoms with Crippen molar-refractivity contribution in [1.29, 1.82) is 5.26 Å². The summed E-state index contributed by atoms with van der Waals surface area (Å²) in [4.78, 5) is 16.2. The summed E-state index contributed by atoms with van der Waals surface area (Å²) in [5.74, 6) is -0.119. The first-order valence-electron chi connectivity index (χ1n) is 8.71. The molecule has 1 fully saturated rings. The van der Waals surface area contributed by atoms with Crippen LogP contribution in [0, 0.1) is 11.3 Å². The van der Waals surface area contributed by atoms with E-state index in [0.717, 1.165) is 12.1 Å². The van der Waals surface area contributed by atoms with E-state index in [2.05, 4.69) is 0 Å². The van der Waals surface area contributed by atoms with Gasteiger partial charge in [0.25, 0.3) is 5.91 Å². The molecule has 4 nitrogen and oxygen atoms in total. The number of amides is 1. The number of benzene rings is 2. The first kappa shape index (κ1) is 20.0. The molecule has 0 spiro atoms. The fourth-order valence-electron chi connectivity index (χ4n) is 3.21. The van der Waals surface area contributed by atoms with Crippen molar-refractivity contribution in [3.63, 3.8) is 0 Å². The van der Waals surface area contributed by atoms with Gasteiger partial charge in [-0.3, -0.25) is 4.79 Å². The monoisotopic (exact) mass is 407 g/mol. The lowest BCUT2D eigenvalue weighted by atomic mass is 10.1. The molecule has 146 valence electrons. The van der Waals surface area contributed by atoms with E-state index in [1.807, 2.05) is 11.0 Å². The molecule has 1 heterocycles. The maximum absolute atomic E-state index is 12.9. The molecule has 0 atom stereocenters. The van der Waals surface area contributed by atoms with E-state index in [1.54, 1.807) is 29.2 Å². The molecule has 0 unspecified atom stereocenters. The average molecular weight is 408 g/mol. The van der Waals surface area contributed by atoms with Crippen LogP contribution in [0.25, 0.3) is 0 Å². The lowest BCUT2D eigenvalue weighted by Crippen LogP contribution is -2.35. The van der Waals surface area contributed by atoms with Gasteiger partial charge in [0.1, 0.15) is 6.07 Å². The summed E-state index contributed by atoms with van der Waals surface area (Å²) >= 11 is 5.85. The lowest BCUT2D eigenvalue weighted by Gasteiger charge is -2.25. The summed E-state index contributed by atoms with van der Waals surface area (Å²) in [6.07, 6.45) is -3.85. The minimum Gasteiger partial charge on any atom is -0.369 e. The van der Waals surface area contributed by atoms with Crippen molar-refractivity contribution in [2.24, 2.45) is 0 Å². The van der Waals surface area contributed by atoms with Gasteiger partial charge in [0.15, 0.2) is 0 Å². The summed E-state index contributed by atoms with van der Waals surface area (Å²) < 4.78 is 38.7. The van der Waals surface area contributed by atoms with E-state index in [0.29, 0.717) is 48.9 Å². The minimum absolute atomic E-state index is 0.0210. The molecule has 0 aliphatic carbocycles. The van der Waals surface area contributed by atoms with Crippen LogP contribution < -0.4 is 4.90 Å². The van der Waals surface area contributed by atoms with Crippen LogP contribution in [0.3, 0.4) is 0 Å². The van der Waals surface area contributed by atoms with Crippen molar-refractivity contribution in [2.75, 3.05) is 31.1 Å². The van der Waals surface area contributed by atoms with Crippen LogP contribution in [0.4, 0.5) is 18.9 Å². The SMILES string of the molecule is N#Cc1cc(C(F)(F)F)ccc1N1CCCN(C(=O)c2ccc(Cl)cc2)CC1. The van der Waals surface area contributed by atoms with Crippen LogP contribution in [0.15, 0.2) is 42.5 Å². The van der Waals surface area contributed by atoms with E-state index in [4.69, 9.17) is 11.6 Å². The predicted molar refractivity (Wildman–Crippen MR) is 100 cm³/mol. The summed E-state index contributed by atoms with van der Waals surface area (Å²) in [6.45, 7) is 1.91. The third-order valence-electron chi connectivity index (χ3n) is 4.66. The quantitative estimate of drug-likeness (QED) is 0.732. The Hall–Kier alpha value is -2.72. The minimum atomic E-state index is -4.50. The van der Waals surface area contributed by atoms with Crippen molar-refractivity contribution in [3.05, 3.63) is 64.2 Å². The molecular weight excluding hydrogens is 391 g/mol. The number of nitriles is 1. The maximum Gasteiger partial charge on any atom is 0.416 e. The zero-order chi connectivity index (χ0) is 20.3. The van der Waals surface area contributed by atoms with Crippen molar-refractivity contribution in [1.82, 2.24) is 4.90 Å². The van der Waals surface area contributed by atoms with Crippen LogP contribution in [-0.2, 0) is 6.18 Å². The van der Waals surface area contributed by atoms with Gasteiger partial charge in [0.2, 0.25) is 0 Å². The van der Waals surface area contributed by atoms with Crippen LogP contribution >= 0.6 is 11.6 Å². The molecule has 0 radical (unpaired) electrons. The second-order valence-electron chi connectivity index (χ2n) is 6.48. The van der Waals surface area contributed by atoms with Gasteiger partial charge in [-0.05, 0) is 48.9 Å². The predicted octanol–water partition coefficient (Wildman–Crippen LogP) is 4.58. The summed E-state index contributed by atoms with van der Waals surface area (Å²) in [5.41, 5.74) is 0.121. The molecule has 28 heavy (non-hydrogen) atoms. The maximum atomic E-state index is 12.9. The van der Waals surface area contributed by atoms with Crippen molar-refractivity contribution >= 4 is 23.2 Å². The molecule has 2 aromatic carbocycles. The Bertz CT molecular complexity index is 906. The van der Waals surface area contributed by atoms with E-state index in [-0.39, 0.29) is 11.5 Å². The molecule has 1 saturated heterocycles. The Morgan fingerprint density at radius 1 is 1.04 bits per heavy atom. The number of nitrogens with zero attached hydrogens (tertiary/aromatic N) is 3. The molecular formula is C20H17ClF3N3O. The van der Waals surface area contributed by atoms with Crippen molar-refractivity contribution in [3.8, 4) is 6.07 Å². The second-order valence-corrected chi connectivity index (χ2v) is 6.92. The van der Waals surface area contributed by atoms with Gasteiger partial charge in [0.05, 0.1) is 16.8 Å². The third kappa shape index (κ3) is 4.39. The molecule has 1 aliphatic heterocycles. The Morgan fingerprint density at radius 2 is 1.75 bits per heavy atom. The van der Waals surface area contributed by atoms with Crippen LogP contribution in [-0.4, -0.2) is 37.0 Å². The van der Waals surface area contributed by atoms with Crippen LogP contribution in [0.1, 0.15) is 27.9 Å². The Balaban J connectivity index is 1.76. The first-order valence-corrected chi connectivity index (χ1v) is 9.08. The average Bonchev–Trinajstić information content (AvgIpc) is 2.93. The second kappa shape index (κ2) is 8.11. The lowest BCUT2D eigenvalue weighted by molar-refractivity contribution is -0.137. The third-order valence-corrected chi connectivity index (χ3v) is 4.91. The van der Waals surface area contributed by atoms with E-state index in [1.165, 1.54) is 6.07 Å².